The zero-order chi connectivity index (χ0) is 10.9. The molecule has 0 amide bonds. The highest BCUT2D eigenvalue weighted by molar-refractivity contribution is 5.17. The fourth-order valence-corrected chi connectivity index (χ4v) is 1.40. The average molecular weight is 196 g/mol. The molecule has 1 aromatic heterocycles. The molecule has 1 heterocycles. The first-order chi connectivity index (χ1) is 6.36. The summed E-state index contributed by atoms with van der Waals surface area (Å²) < 4.78 is 5.60. The van der Waals surface area contributed by atoms with Gasteiger partial charge in [0, 0.05) is 5.92 Å². The molecule has 1 unspecified atom stereocenters. The van der Waals surface area contributed by atoms with Gasteiger partial charge in [-0.3, -0.25) is 0 Å². The van der Waals surface area contributed by atoms with Crippen LogP contribution in [0.4, 0.5) is 0 Å². The lowest BCUT2D eigenvalue weighted by Crippen LogP contribution is -2.30. The highest BCUT2D eigenvalue weighted by Crippen LogP contribution is 2.25. The molecule has 1 rings (SSSR count). The van der Waals surface area contributed by atoms with E-state index in [9.17, 15) is 0 Å². The Morgan fingerprint density at radius 1 is 1.50 bits per heavy atom. The number of nitrogens with two attached hydrogens (primary N) is 1. The zero-order valence-electron chi connectivity index (χ0n) is 9.72. The Balaban J connectivity index is 3.05. The number of hydrogen-bond donors (Lipinski definition) is 1. The molecule has 3 heteroatoms. The lowest BCUT2D eigenvalue weighted by atomic mass is 10.0. The maximum absolute atomic E-state index is 5.99. The van der Waals surface area contributed by atoms with Crippen LogP contribution in [0.15, 0.2) is 4.42 Å². The van der Waals surface area contributed by atoms with Crippen molar-refractivity contribution in [2.24, 2.45) is 5.73 Å². The van der Waals surface area contributed by atoms with Crippen molar-refractivity contribution >= 4 is 0 Å². The third kappa shape index (κ3) is 2.15. The summed E-state index contributed by atoms with van der Waals surface area (Å²) in [6.07, 6.45) is 1.03. The third-order valence-corrected chi connectivity index (χ3v) is 2.46. The van der Waals surface area contributed by atoms with Crippen LogP contribution in [0.5, 0.6) is 0 Å². The number of nitrogens with zero attached hydrogens (tertiary/aromatic N) is 1. The molecule has 0 bridgehead atoms. The molecular weight excluding hydrogens is 176 g/mol. The summed E-state index contributed by atoms with van der Waals surface area (Å²) in [5.41, 5.74) is 6.44. The van der Waals surface area contributed by atoms with Crippen LogP contribution in [0, 0.1) is 6.92 Å². The largest absolute Gasteiger partial charge is 0.445 e. The Kier molecular flexibility index (Phi) is 3.00. The number of rotatable bonds is 3. The molecule has 0 aromatic carbocycles. The van der Waals surface area contributed by atoms with Crippen molar-refractivity contribution in [1.82, 2.24) is 4.98 Å². The quantitative estimate of drug-likeness (QED) is 0.808. The topological polar surface area (TPSA) is 52.0 Å². The third-order valence-electron chi connectivity index (χ3n) is 2.46. The predicted molar refractivity (Wildman–Crippen MR) is 57.2 cm³/mol. The van der Waals surface area contributed by atoms with Crippen molar-refractivity contribution in [1.29, 1.82) is 0 Å². The molecular formula is C11H20N2O. The van der Waals surface area contributed by atoms with E-state index in [1.807, 2.05) is 20.8 Å². The van der Waals surface area contributed by atoms with Crippen LogP contribution in [0.2, 0.25) is 0 Å². The minimum absolute atomic E-state index is 0.366. The number of oxazole rings is 1. The van der Waals surface area contributed by atoms with Crippen molar-refractivity contribution < 1.29 is 4.42 Å². The summed E-state index contributed by atoms with van der Waals surface area (Å²) in [4.78, 5) is 4.46. The second-order valence-corrected chi connectivity index (χ2v) is 4.49. The molecule has 0 fully saturated rings. The van der Waals surface area contributed by atoms with E-state index < -0.39 is 5.54 Å². The van der Waals surface area contributed by atoms with E-state index in [4.69, 9.17) is 10.2 Å². The summed E-state index contributed by atoms with van der Waals surface area (Å²) in [5.74, 6) is 2.01. The molecule has 0 aliphatic heterocycles. The molecule has 0 saturated carbocycles. The maximum Gasteiger partial charge on any atom is 0.197 e. The molecule has 1 aromatic rings. The Labute approximate surface area is 85.7 Å². The van der Waals surface area contributed by atoms with Gasteiger partial charge in [0.2, 0.25) is 0 Å². The van der Waals surface area contributed by atoms with Gasteiger partial charge in [-0.1, -0.05) is 13.8 Å². The van der Waals surface area contributed by atoms with Gasteiger partial charge in [0.05, 0.1) is 5.54 Å². The number of aromatic nitrogens is 1. The van der Waals surface area contributed by atoms with Crippen molar-refractivity contribution in [3.8, 4) is 0 Å². The van der Waals surface area contributed by atoms with E-state index in [1.165, 1.54) is 0 Å². The van der Waals surface area contributed by atoms with E-state index in [1.54, 1.807) is 0 Å². The maximum atomic E-state index is 5.99. The van der Waals surface area contributed by atoms with Crippen LogP contribution >= 0.6 is 0 Å². The Bertz CT molecular complexity index is 310. The SMILES string of the molecule is CCC(C)c1nc(C(C)(C)N)c(C)o1. The van der Waals surface area contributed by atoms with E-state index >= 15 is 0 Å². The highest BCUT2D eigenvalue weighted by atomic mass is 16.4. The molecule has 0 radical (unpaired) electrons. The fraction of sp³-hybridized carbons (Fsp3) is 0.727. The standard InChI is InChI=1S/C11H20N2O/c1-6-7(2)10-13-9(8(3)14-10)11(4,5)12/h7H,6,12H2,1-5H3. The van der Waals surface area contributed by atoms with Gasteiger partial charge < -0.3 is 10.2 Å². The number of hydrogen-bond acceptors (Lipinski definition) is 3. The zero-order valence-corrected chi connectivity index (χ0v) is 9.72. The lowest BCUT2D eigenvalue weighted by Gasteiger charge is -2.15. The van der Waals surface area contributed by atoms with E-state index in [2.05, 4.69) is 18.8 Å². The van der Waals surface area contributed by atoms with Crippen LogP contribution < -0.4 is 5.73 Å². The molecule has 3 nitrogen and oxygen atoms in total. The van der Waals surface area contributed by atoms with Crippen LogP contribution in [-0.2, 0) is 5.54 Å². The Hall–Kier alpha value is -0.830. The molecule has 0 aliphatic rings. The summed E-state index contributed by atoms with van der Waals surface area (Å²) in [5, 5.41) is 0. The molecule has 14 heavy (non-hydrogen) atoms. The molecule has 1 atom stereocenters. The van der Waals surface area contributed by atoms with Gasteiger partial charge in [0.1, 0.15) is 11.5 Å². The predicted octanol–water partition coefficient (Wildman–Crippen LogP) is 2.69. The normalized spacial score (nSPS) is 14.4. The molecule has 80 valence electrons. The summed E-state index contributed by atoms with van der Waals surface area (Å²) in [6.45, 7) is 10.0. The highest BCUT2D eigenvalue weighted by Gasteiger charge is 2.24. The van der Waals surface area contributed by atoms with Crippen molar-refractivity contribution in [3.63, 3.8) is 0 Å². The first-order valence-electron chi connectivity index (χ1n) is 5.13. The first kappa shape index (κ1) is 11.2. The molecule has 0 saturated heterocycles. The van der Waals surface area contributed by atoms with Gasteiger partial charge in [0.15, 0.2) is 5.89 Å². The molecule has 0 aliphatic carbocycles. The molecule has 0 spiro atoms. The van der Waals surface area contributed by atoms with Crippen LogP contribution in [0.25, 0.3) is 0 Å². The average Bonchev–Trinajstić information content (AvgIpc) is 2.45. The van der Waals surface area contributed by atoms with E-state index in [-0.39, 0.29) is 0 Å². The van der Waals surface area contributed by atoms with Crippen molar-refractivity contribution in [2.45, 2.75) is 52.5 Å². The van der Waals surface area contributed by atoms with Gasteiger partial charge in [0.25, 0.3) is 0 Å². The lowest BCUT2D eigenvalue weighted by molar-refractivity contribution is 0.432. The summed E-state index contributed by atoms with van der Waals surface area (Å²) in [6, 6.07) is 0. The van der Waals surface area contributed by atoms with Crippen molar-refractivity contribution in [3.05, 3.63) is 17.3 Å². The van der Waals surface area contributed by atoms with Gasteiger partial charge in [-0.15, -0.1) is 0 Å². The summed E-state index contributed by atoms with van der Waals surface area (Å²) in [7, 11) is 0. The smallest absolute Gasteiger partial charge is 0.197 e. The fourth-order valence-electron chi connectivity index (χ4n) is 1.40. The van der Waals surface area contributed by atoms with E-state index in [0.717, 1.165) is 23.8 Å². The second-order valence-electron chi connectivity index (χ2n) is 4.49. The van der Waals surface area contributed by atoms with E-state index in [0.29, 0.717) is 5.92 Å². The second kappa shape index (κ2) is 3.73. The minimum Gasteiger partial charge on any atom is -0.445 e. The van der Waals surface area contributed by atoms with Crippen LogP contribution in [0.3, 0.4) is 0 Å². The van der Waals surface area contributed by atoms with Crippen LogP contribution in [-0.4, -0.2) is 4.98 Å². The first-order valence-corrected chi connectivity index (χ1v) is 5.13. The number of aryl methyl sites for hydroxylation is 1. The van der Waals surface area contributed by atoms with Gasteiger partial charge in [-0.05, 0) is 27.2 Å². The molecule has 2 N–H and O–H groups in total. The van der Waals surface area contributed by atoms with Crippen molar-refractivity contribution in [2.75, 3.05) is 0 Å². The van der Waals surface area contributed by atoms with Crippen LogP contribution in [0.1, 0.15) is 57.4 Å². The summed E-state index contributed by atoms with van der Waals surface area (Å²) >= 11 is 0. The monoisotopic (exact) mass is 196 g/mol. The van der Waals surface area contributed by atoms with Gasteiger partial charge in [-0.25, -0.2) is 4.98 Å². The Morgan fingerprint density at radius 3 is 2.43 bits per heavy atom. The van der Waals surface area contributed by atoms with Gasteiger partial charge >= 0.3 is 0 Å². The van der Waals surface area contributed by atoms with Gasteiger partial charge in [-0.2, -0.15) is 0 Å². The minimum atomic E-state index is -0.417. The Morgan fingerprint density at radius 2 is 2.07 bits per heavy atom.